The standard InChI is InChI=1S/C12H8ClFN4/c13-10-4-8(16)6-17-12(10)18-9-1-2-11(14)7(3-9)5-15/h1-4,6H,16H2,(H,17,18). The first kappa shape index (κ1) is 12.1. The summed E-state index contributed by atoms with van der Waals surface area (Å²) in [6, 6.07) is 7.37. The van der Waals surface area contributed by atoms with Crippen molar-refractivity contribution in [2.24, 2.45) is 0 Å². The van der Waals surface area contributed by atoms with E-state index in [4.69, 9.17) is 22.6 Å². The van der Waals surface area contributed by atoms with Crippen LogP contribution in [-0.2, 0) is 0 Å². The van der Waals surface area contributed by atoms with E-state index >= 15 is 0 Å². The summed E-state index contributed by atoms with van der Waals surface area (Å²) in [6.07, 6.45) is 1.45. The fourth-order valence-electron chi connectivity index (χ4n) is 1.37. The van der Waals surface area contributed by atoms with Gasteiger partial charge in [0.05, 0.1) is 22.5 Å². The molecular formula is C12H8ClFN4. The van der Waals surface area contributed by atoms with Gasteiger partial charge in [-0.25, -0.2) is 9.37 Å². The summed E-state index contributed by atoms with van der Waals surface area (Å²) >= 11 is 5.94. The van der Waals surface area contributed by atoms with Crippen molar-refractivity contribution >= 4 is 28.8 Å². The van der Waals surface area contributed by atoms with E-state index in [1.54, 1.807) is 12.1 Å². The highest BCUT2D eigenvalue weighted by molar-refractivity contribution is 6.33. The van der Waals surface area contributed by atoms with Crippen molar-refractivity contribution in [1.82, 2.24) is 4.98 Å². The average molecular weight is 263 g/mol. The highest BCUT2D eigenvalue weighted by Crippen LogP contribution is 2.25. The number of nitrogens with one attached hydrogen (secondary N) is 1. The Bertz CT molecular complexity index is 636. The predicted octanol–water partition coefficient (Wildman–Crippen LogP) is 3.07. The molecule has 0 aliphatic heterocycles. The molecule has 3 N–H and O–H groups in total. The molecule has 4 nitrogen and oxygen atoms in total. The van der Waals surface area contributed by atoms with Gasteiger partial charge < -0.3 is 11.1 Å². The van der Waals surface area contributed by atoms with Crippen LogP contribution in [0.5, 0.6) is 0 Å². The number of nitrogens with zero attached hydrogens (tertiary/aromatic N) is 2. The van der Waals surface area contributed by atoms with E-state index in [9.17, 15) is 4.39 Å². The Balaban J connectivity index is 2.32. The second-order valence-corrected chi connectivity index (χ2v) is 3.94. The van der Waals surface area contributed by atoms with Gasteiger partial charge in [-0.1, -0.05) is 11.6 Å². The quantitative estimate of drug-likeness (QED) is 0.872. The van der Waals surface area contributed by atoms with Crippen LogP contribution in [0.3, 0.4) is 0 Å². The van der Waals surface area contributed by atoms with E-state index in [1.165, 1.54) is 24.4 Å². The summed E-state index contributed by atoms with van der Waals surface area (Å²) in [5, 5.41) is 12.0. The maximum absolute atomic E-state index is 13.1. The third-order valence-electron chi connectivity index (χ3n) is 2.21. The van der Waals surface area contributed by atoms with Gasteiger partial charge in [-0.2, -0.15) is 5.26 Å². The molecule has 0 spiro atoms. The van der Waals surface area contributed by atoms with Gasteiger partial charge in [-0.3, -0.25) is 0 Å². The van der Waals surface area contributed by atoms with Crippen LogP contribution in [-0.4, -0.2) is 4.98 Å². The molecule has 0 aliphatic rings. The topological polar surface area (TPSA) is 74.7 Å². The third-order valence-corrected chi connectivity index (χ3v) is 2.50. The zero-order valence-electron chi connectivity index (χ0n) is 9.11. The van der Waals surface area contributed by atoms with Crippen molar-refractivity contribution in [1.29, 1.82) is 5.26 Å². The lowest BCUT2D eigenvalue weighted by atomic mass is 10.2. The number of rotatable bonds is 2. The normalized spacial score (nSPS) is 9.83. The second kappa shape index (κ2) is 4.90. The predicted molar refractivity (Wildman–Crippen MR) is 68.1 cm³/mol. The Hall–Kier alpha value is -2.32. The lowest BCUT2D eigenvalue weighted by Gasteiger charge is -2.08. The van der Waals surface area contributed by atoms with E-state index in [-0.39, 0.29) is 5.56 Å². The highest BCUT2D eigenvalue weighted by atomic mass is 35.5. The number of nitrogens with two attached hydrogens (primary N) is 1. The smallest absolute Gasteiger partial charge is 0.149 e. The van der Waals surface area contributed by atoms with Gasteiger partial charge >= 0.3 is 0 Å². The van der Waals surface area contributed by atoms with Gasteiger partial charge in [0.1, 0.15) is 17.7 Å². The fraction of sp³-hybridized carbons (Fsp3) is 0. The molecule has 0 amide bonds. The summed E-state index contributed by atoms with van der Waals surface area (Å²) in [6.45, 7) is 0. The van der Waals surface area contributed by atoms with Crippen LogP contribution < -0.4 is 11.1 Å². The van der Waals surface area contributed by atoms with Gasteiger partial charge in [-0.15, -0.1) is 0 Å². The third kappa shape index (κ3) is 2.50. The summed E-state index contributed by atoms with van der Waals surface area (Å²) in [7, 11) is 0. The zero-order valence-corrected chi connectivity index (χ0v) is 9.87. The molecule has 0 saturated heterocycles. The van der Waals surface area contributed by atoms with Crippen LogP contribution in [0.1, 0.15) is 5.56 Å². The van der Waals surface area contributed by atoms with Crippen LogP contribution in [0.25, 0.3) is 0 Å². The van der Waals surface area contributed by atoms with Crippen molar-refractivity contribution in [3.8, 4) is 6.07 Å². The van der Waals surface area contributed by atoms with Crippen LogP contribution in [0.2, 0.25) is 5.02 Å². The van der Waals surface area contributed by atoms with Gasteiger partial charge in [0, 0.05) is 5.69 Å². The van der Waals surface area contributed by atoms with Gasteiger partial charge in [0.25, 0.3) is 0 Å². The molecular weight excluding hydrogens is 255 g/mol. The lowest BCUT2D eigenvalue weighted by molar-refractivity contribution is 0.624. The summed E-state index contributed by atoms with van der Waals surface area (Å²) < 4.78 is 13.1. The Labute approximate surface area is 108 Å². The summed E-state index contributed by atoms with van der Waals surface area (Å²) in [5.74, 6) is -0.180. The minimum Gasteiger partial charge on any atom is -0.397 e. The molecule has 0 fully saturated rings. The molecule has 18 heavy (non-hydrogen) atoms. The average Bonchev–Trinajstić information content (AvgIpc) is 2.35. The summed E-state index contributed by atoms with van der Waals surface area (Å²) in [4.78, 5) is 4.01. The van der Waals surface area contributed by atoms with Gasteiger partial charge in [-0.05, 0) is 24.3 Å². The first-order valence-electron chi connectivity index (χ1n) is 4.98. The minimum absolute atomic E-state index is 0.0495. The highest BCUT2D eigenvalue weighted by Gasteiger charge is 2.06. The molecule has 2 aromatic rings. The SMILES string of the molecule is N#Cc1cc(Nc2ncc(N)cc2Cl)ccc1F. The van der Waals surface area contributed by atoms with Crippen LogP contribution >= 0.6 is 11.6 Å². The molecule has 0 aliphatic carbocycles. The van der Waals surface area contributed by atoms with Crippen molar-refractivity contribution in [2.75, 3.05) is 11.1 Å². The number of anilines is 3. The first-order valence-corrected chi connectivity index (χ1v) is 5.35. The molecule has 6 heteroatoms. The van der Waals surface area contributed by atoms with Crippen molar-refractivity contribution < 1.29 is 4.39 Å². The fourth-order valence-corrected chi connectivity index (χ4v) is 1.59. The number of hydrogen-bond donors (Lipinski definition) is 2. The van der Waals surface area contributed by atoms with Crippen molar-refractivity contribution in [2.45, 2.75) is 0 Å². The van der Waals surface area contributed by atoms with E-state index in [0.717, 1.165) is 0 Å². The Morgan fingerprint density at radius 2 is 2.17 bits per heavy atom. The van der Waals surface area contributed by atoms with Crippen molar-refractivity contribution in [3.05, 3.63) is 46.9 Å². The molecule has 0 unspecified atom stereocenters. The van der Waals surface area contributed by atoms with Crippen LogP contribution in [0.4, 0.5) is 21.6 Å². The molecule has 0 bridgehead atoms. The van der Waals surface area contributed by atoms with Gasteiger partial charge in [0.2, 0.25) is 0 Å². The molecule has 2 rings (SSSR count). The molecule has 0 saturated carbocycles. The van der Waals surface area contributed by atoms with Gasteiger partial charge in [0.15, 0.2) is 0 Å². The first-order chi connectivity index (χ1) is 8.60. The number of aromatic nitrogens is 1. The molecule has 0 atom stereocenters. The number of hydrogen-bond acceptors (Lipinski definition) is 4. The number of nitrogen functional groups attached to an aromatic ring is 1. The molecule has 0 radical (unpaired) electrons. The molecule has 1 aromatic carbocycles. The number of benzene rings is 1. The van der Waals surface area contributed by atoms with E-state index < -0.39 is 5.82 Å². The Morgan fingerprint density at radius 1 is 1.39 bits per heavy atom. The molecule has 1 heterocycles. The van der Waals surface area contributed by atoms with E-state index in [0.29, 0.717) is 22.2 Å². The van der Waals surface area contributed by atoms with Crippen molar-refractivity contribution in [3.63, 3.8) is 0 Å². The largest absolute Gasteiger partial charge is 0.397 e. The van der Waals surface area contributed by atoms with E-state index in [2.05, 4.69) is 10.3 Å². The van der Waals surface area contributed by atoms with E-state index in [1.807, 2.05) is 0 Å². The number of nitriles is 1. The minimum atomic E-state index is -0.570. The monoisotopic (exact) mass is 262 g/mol. The lowest BCUT2D eigenvalue weighted by Crippen LogP contribution is -1.97. The molecule has 1 aromatic heterocycles. The zero-order chi connectivity index (χ0) is 13.1. The van der Waals surface area contributed by atoms with Crippen LogP contribution in [0.15, 0.2) is 30.5 Å². The maximum atomic E-state index is 13.1. The number of pyridine rings is 1. The Morgan fingerprint density at radius 3 is 2.83 bits per heavy atom. The summed E-state index contributed by atoms with van der Waals surface area (Å²) in [5.41, 5.74) is 6.44. The second-order valence-electron chi connectivity index (χ2n) is 3.53. The Kier molecular flexibility index (Phi) is 3.31. The van der Waals surface area contributed by atoms with Crippen LogP contribution in [0, 0.1) is 17.1 Å². The number of halogens is 2. The molecule has 90 valence electrons. The maximum Gasteiger partial charge on any atom is 0.149 e.